The third-order valence-electron chi connectivity index (χ3n) is 4.98. The molecule has 2 fully saturated rings. The Labute approximate surface area is 132 Å². The average Bonchev–Trinajstić information content (AvgIpc) is 2.97. The van der Waals surface area contributed by atoms with Gasteiger partial charge in [0.25, 0.3) is 11.8 Å². The van der Waals surface area contributed by atoms with Gasteiger partial charge in [-0.05, 0) is 50.3 Å². The van der Waals surface area contributed by atoms with E-state index >= 15 is 0 Å². The van der Waals surface area contributed by atoms with E-state index in [1.54, 1.807) is 6.92 Å². The third kappa shape index (κ3) is 2.60. The molecular formula is C16H17ClF3NO. The van der Waals surface area contributed by atoms with Crippen LogP contribution in [0.2, 0.25) is 5.02 Å². The Hall–Kier alpha value is -1.23. The predicted octanol–water partition coefficient (Wildman–Crippen LogP) is 4.49. The summed E-state index contributed by atoms with van der Waals surface area (Å²) in [5, 5.41) is 2.88. The van der Waals surface area contributed by atoms with Crippen molar-refractivity contribution in [2.75, 3.05) is 0 Å². The molecule has 1 spiro atoms. The van der Waals surface area contributed by atoms with Crippen LogP contribution in [0.1, 0.15) is 48.0 Å². The number of halogens is 4. The van der Waals surface area contributed by atoms with Crippen molar-refractivity contribution in [2.24, 2.45) is 5.41 Å². The SMILES string of the molecule is Cc1cc(C(=O)NC2CCC3(CC2)CC3(F)F)c(Cl)cc1F. The number of carbonyl (C=O) groups is 1. The Morgan fingerprint density at radius 2 is 1.91 bits per heavy atom. The van der Waals surface area contributed by atoms with Crippen LogP contribution in [0, 0.1) is 18.2 Å². The van der Waals surface area contributed by atoms with Gasteiger partial charge < -0.3 is 5.32 Å². The van der Waals surface area contributed by atoms with Crippen molar-refractivity contribution in [3.8, 4) is 0 Å². The molecule has 0 aliphatic heterocycles. The first-order valence-electron chi connectivity index (χ1n) is 7.38. The minimum Gasteiger partial charge on any atom is -0.349 e. The molecule has 1 aromatic rings. The van der Waals surface area contributed by atoms with Gasteiger partial charge in [-0.1, -0.05) is 11.6 Å². The largest absolute Gasteiger partial charge is 0.349 e. The van der Waals surface area contributed by atoms with Crippen LogP contribution < -0.4 is 5.32 Å². The maximum absolute atomic E-state index is 13.4. The minimum absolute atomic E-state index is 0.0242. The molecule has 0 unspecified atom stereocenters. The van der Waals surface area contributed by atoms with Crippen molar-refractivity contribution in [1.29, 1.82) is 0 Å². The number of carbonyl (C=O) groups excluding carboxylic acids is 1. The highest BCUT2D eigenvalue weighted by atomic mass is 35.5. The number of benzene rings is 1. The van der Waals surface area contributed by atoms with Gasteiger partial charge in [0.1, 0.15) is 5.82 Å². The first-order chi connectivity index (χ1) is 10.2. The van der Waals surface area contributed by atoms with Crippen molar-refractivity contribution in [2.45, 2.75) is 51.0 Å². The van der Waals surface area contributed by atoms with Crippen molar-refractivity contribution in [3.63, 3.8) is 0 Å². The number of nitrogens with one attached hydrogen (secondary N) is 1. The van der Waals surface area contributed by atoms with Crippen LogP contribution in [0.25, 0.3) is 0 Å². The zero-order chi connectivity index (χ0) is 16.1. The third-order valence-corrected chi connectivity index (χ3v) is 5.29. The second-order valence-corrected chi connectivity index (χ2v) is 6.90. The molecule has 2 saturated carbocycles. The Morgan fingerprint density at radius 3 is 2.45 bits per heavy atom. The van der Waals surface area contributed by atoms with Gasteiger partial charge in [0.05, 0.1) is 10.6 Å². The first kappa shape index (κ1) is 15.7. The average molecular weight is 332 g/mol. The Morgan fingerprint density at radius 1 is 1.32 bits per heavy atom. The number of hydrogen-bond donors (Lipinski definition) is 1. The van der Waals surface area contributed by atoms with Crippen molar-refractivity contribution in [1.82, 2.24) is 5.32 Å². The topological polar surface area (TPSA) is 29.1 Å². The van der Waals surface area contributed by atoms with E-state index < -0.39 is 17.2 Å². The van der Waals surface area contributed by atoms with Crippen molar-refractivity contribution in [3.05, 3.63) is 34.1 Å². The highest BCUT2D eigenvalue weighted by Crippen LogP contribution is 2.67. The molecule has 2 aliphatic rings. The lowest BCUT2D eigenvalue weighted by Gasteiger charge is -2.29. The molecule has 0 bridgehead atoms. The van der Waals surface area contributed by atoms with E-state index in [1.165, 1.54) is 6.07 Å². The van der Waals surface area contributed by atoms with E-state index in [0.29, 0.717) is 31.2 Å². The fraction of sp³-hybridized carbons (Fsp3) is 0.562. The van der Waals surface area contributed by atoms with Gasteiger partial charge in [0.2, 0.25) is 0 Å². The van der Waals surface area contributed by atoms with Crippen molar-refractivity contribution < 1.29 is 18.0 Å². The van der Waals surface area contributed by atoms with E-state index in [9.17, 15) is 18.0 Å². The summed E-state index contributed by atoms with van der Waals surface area (Å²) in [7, 11) is 0. The Bertz CT molecular complexity index is 624. The van der Waals surface area contributed by atoms with Crippen LogP contribution in [0.15, 0.2) is 12.1 Å². The summed E-state index contributed by atoms with van der Waals surface area (Å²) in [6, 6.07) is 2.40. The summed E-state index contributed by atoms with van der Waals surface area (Å²) < 4.78 is 40.0. The van der Waals surface area contributed by atoms with E-state index in [-0.39, 0.29) is 29.0 Å². The molecule has 0 heterocycles. The number of aryl methyl sites for hydroxylation is 1. The lowest BCUT2D eigenvalue weighted by atomic mass is 9.83. The molecule has 120 valence electrons. The predicted molar refractivity (Wildman–Crippen MR) is 77.9 cm³/mol. The van der Waals surface area contributed by atoms with Crippen LogP contribution >= 0.6 is 11.6 Å². The van der Waals surface area contributed by atoms with E-state index in [1.807, 2.05) is 0 Å². The molecule has 6 heteroatoms. The number of alkyl halides is 2. The fourth-order valence-electron chi connectivity index (χ4n) is 3.33. The molecule has 0 radical (unpaired) electrons. The normalized spacial score (nSPS) is 29.4. The highest BCUT2D eigenvalue weighted by Gasteiger charge is 2.70. The molecule has 22 heavy (non-hydrogen) atoms. The zero-order valence-electron chi connectivity index (χ0n) is 12.2. The molecule has 2 nitrogen and oxygen atoms in total. The second kappa shape index (κ2) is 5.15. The second-order valence-electron chi connectivity index (χ2n) is 6.49. The summed E-state index contributed by atoms with van der Waals surface area (Å²) in [4.78, 5) is 12.2. The molecule has 2 aliphatic carbocycles. The number of amides is 1. The quantitative estimate of drug-likeness (QED) is 0.850. The van der Waals surface area contributed by atoms with Crippen LogP contribution in [-0.4, -0.2) is 17.9 Å². The maximum Gasteiger partial charge on any atom is 0.254 e. The molecule has 0 saturated heterocycles. The monoisotopic (exact) mass is 331 g/mol. The maximum atomic E-state index is 13.4. The van der Waals surface area contributed by atoms with Gasteiger partial charge in [0, 0.05) is 17.9 Å². The summed E-state index contributed by atoms with van der Waals surface area (Å²) in [5.74, 6) is -3.37. The number of hydrogen-bond acceptors (Lipinski definition) is 1. The molecule has 1 amide bonds. The molecule has 1 aromatic carbocycles. The van der Waals surface area contributed by atoms with Gasteiger partial charge in [-0.15, -0.1) is 0 Å². The van der Waals surface area contributed by atoms with Crippen LogP contribution in [0.3, 0.4) is 0 Å². The number of rotatable bonds is 2. The van der Waals surface area contributed by atoms with Gasteiger partial charge >= 0.3 is 0 Å². The molecule has 3 rings (SSSR count). The van der Waals surface area contributed by atoms with Crippen LogP contribution in [0.5, 0.6) is 0 Å². The van der Waals surface area contributed by atoms with Crippen molar-refractivity contribution >= 4 is 17.5 Å². The summed E-state index contributed by atoms with van der Waals surface area (Å²) in [6.07, 6.45) is 1.92. The van der Waals surface area contributed by atoms with Crippen LogP contribution in [-0.2, 0) is 0 Å². The van der Waals surface area contributed by atoms with E-state index in [2.05, 4.69) is 5.32 Å². The summed E-state index contributed by atoms with van der Waals surface area (Å²) in [6.45, 7) is 1.56. The fourth-order valence-corrected chi connectivity index (χ4v) is 3.57. The highest BCUT2D eigenvalue weighted by molar-refractivity contribution is 6.33. The first-order valence-corrected chi connectivity index (χ1v) is 7.76. The van der Waals surface area contributed by atoms with Gasteiger partial charge in [0.15, 0.2) is 0 Å². The smallest absolute Gasteiger partial charge is 0.254 e. The van der Waals surface area contributed by atoms with E-state index in [4.69, 9.17) is 11.6 Å². The zero-order valence-corrected chi connectivity index (χ0v) is 12.9. The molecular weight excluding hydrogens is 315 g/mol. The molecule has 1 N–H and O–H groups in total. The van der Waals surface area contributed by atoms with Gasteiger partial charge in [-0.2, -0.15) is 0 Å². The lowest BCUT2D eigenvalue weighted by Crippen LogP contribution is -2.39. The summed E-state index contributed by atoms with van der Waals surface area (Å²) in [5.41, 5.74) is -0.259. The Kier molecular flexibility index (Phi) is 3.67. The molecule has 0 atom stereocenters. The summed E-state index contributed by atoms with van der Waals surface area (Å²) >= 11 is 5.91. The lowest BCUT2D eigenvalue weighted by molar-refractivity contribution is 0.0435. The van der Waals surface area contributed by atoms with Crippen LogP contribution in [0.4, 0.5) is 13.2 Å². The van der Waals surface area contributed by atoms with Gasteiger partial charge in [-0.25, -0.2) is 13.2 Å². The van der Waals surface area contributed by atoms with E-state index in [0.717, 1.165) is 6.07 Å². The van der Waals surface area contributed by atoms with Gasteiger partial charge in [-0.3, -0.25) is 4.79 Å². The standard InChI is InChI=1S/C16H17ClF3NO/c1-9-6-11(12(17)7-13(9)18)14(22)21-10-2-4-15(5-3-10)8-16(15,19)20/h6-7,10H,2-5,8H2,1H3,(H,21,22). The minimum atomic E-state index is -2.53. The molecule has 0 aromatic heterocycles. The Balaban J connectivity index is 1.63.